The lowest BCUT2D eigenvalue weighted by molar-refractivity contribution is 0.0527. The summed E-state index contributed by atoms with van der Waals surface area (Å²) < 4.78 is 10.1. The maximum absolute atomic E-state index is 11.8. The molecule has 0 unspecified atom stereocenters. The van der Waals surface area contributed by atoms with E-state index in [1.54, 1.807) is 38.6 Å². The van der Waals surface area contributed by atoms with E-state index in [2.05, 4.69) is 15.3 Å². The number of esters is 1. The Morgan fingerprint density at radius 1 is 1.29 bits per heavy atom. The van der Waals surface area contributed by atoms with Crippen LogP contribution in [0.4, 0.5) is 5.82 Å². The molecule has 0 radical (unpaired) electrons. The number of nitrogens with one attached hydrogen (secondary N) is 1. The van der Waals surface area contributed by atoms with Crippen LogP contribution in [-0.2, 0) is 11.3 Å². The Balaban J connectivity index is 2.10. The molecule has 0 aliphatic rings. The molecule has 0 aliphatic carbocycles. The summed E-state index contributed by atoms with van der Waals surface area (Å²) in [7, 11) is 1.57. The van der Waals surface area contributed by atoms with Crippen LogP contribution in [0.5, 0.6) is 5.88 Å². The van der Waals surface area contributed by atoms with Crippen LogP contribution >= 0.6 is 0 Å². The third-order valence-electron chi connectivity index (χ3n) is 2.77. The lowest BCUT2D eigenvalue weighted by Gasteiger charge is -2.10. The van der Waals surface area contributed by atoms with Crippen LogP contribution in [0.2, 0.25) is 0 Å². The van der Waals surface area contributed by atoms with Crippen LogP contribution in [0.1, 0.15) is 22.8 Å². The number of nitrogens with zero attached hydrogens (tertiary/aromatic N) is 2. The number of ether oxygens (including phenoxy) is 2. The van der Waals surface area contributed by atoms with Gasteiger partial charge in [0.1, 0.15) is 11.4 Å². The Labute approximate surface area is 123 Å². The van der Waals surface area contributed by atoms with Crippen molar-refractivity contribution >= 4 is 11.8 Å². The molecule has 0 saturated heterocycles. The van der Waals surface area contributed by atoms with Crippen LogP contribution in [0.15, 0.2) is 36.7 Å². The van der Waals surface area contributed by atoms with Gasteiger partial charge in [0.25, 0.3) is 0 Å². The van der Waals surface area contributed by atoms with Gasteiger partial charge in [-0.05, 0) is 30.7 Å². The van der Waals surface area contributed by atoms with Gasteiger partial charge < -0.3 is 14.8 Å². The maximum Gasteiger partial charge on any atom is 0.341 e. The van der Waals surface area contributed by atoms with E-state index in [0.717, 1.165) is 5.56 Å². The van der Waals surface area contributed by atoms with Gasteiger partial charge in [-0.25, -0.2) is 14.8 Å². The molecule has 0 fully saturated rings. The number of hydrogen-bond acceptors (Lipinski definition) is 6. The third-order valence-corrected chi connectivity index (χ3v) is 2.77. The predicted molar refractivity (Wildman–Crippen MR) is 78.3 cm³/mol. The van der Waals surface area contributed by atoms with Crippen molar-refractivity contribution in [3.63, 3.8) is 0 Å². The largest absolute Gasteiger partial charge is 0.481 e. The van der Waals surface area contributed by atoms with Gasteiger partial charge in [0.15, 0.2) is 0 Å². The first-order valence-corrected chi connectivity index (χ1v) is 6.59. The van der Waals surface area contributed by atoms with E-state index in [0.29, 0.717) is 30.4 Å². The van der Waals surface area contributed by atoms with E-state index in [9.17, 15) is 4.79 Å². The van der Waals surface area contributed by atoms with E-state index in [1.165, 1.54) is 0 Å². The molecule has 110 valence electrons. The molecule has 0 saturated carbocycles. The average molecular weight is 287 g/mol. The van der Waals surface area contributed by atoms with Crippen molar-refractivity contribution in [2.45, 2.75) is 13.5 Å². The Hall–Kier alpha value is -2.63. The van der Waals surface area contributed by atoms with E-state index in [4.69, 9.17) is 9.47 Å². The second-order valence-corrected chi connectivity index (χ2v) is 4.18. The Morgan fingerprint density at radius 2 is 2.14 bits per heavy atom. The highest BCUT2D eigenvalue weighted by Gasteiger charge is 2.12. The number of methoxy groups -OCH3 is 1. The molecule has 0 atom stereocenters. The van der Waals surface area contributed by atoms with Gasteiger partial charge in [-0.2, -0.15) is 0 Å². The fraction of sp³-hybridized carbons (Fsp3) is 0.267. The van der Waals surface area contributed by atoms with Crippen molar-refractivity contribution in [2.75, 3.05) is 19.0 Å². The van der Waals surface area contributed by atoms with Crippen LogP contribution < -0.4 is 10.1 Å². The number of pyridine rings is 2. The fourth-order valence-electron chi connectivity index (χ4n) is 1.78. The lowest BCUT2D eigenvalue weighted by Crippen LogP contribution is -2.11. The molecule has 21 heavy (non-hydrogen) atoms. The van der Waals surface area contributed by atoms with Gasteiger partial charge in [-0.1, -0.05) is 0 Å². The summed E-state index contributed by atoms with van der Waals surface area (Å²) in [5.74, 6) is 0.646. The van der Waals surface area contributed by atoms with Gasteiger partial charge in [-0.3, -0.25) is 0 Å². The molecule has 6 nitrogen and oxygen atoms in total. The third kappa shape index (κ3) is 3.92. The second-order valence-electron chi connectivity index (χ2n) is 4.18. The number of carbonyl (C=O) groups is 1. The van der Waals surface area contributed by atoms with Crippen molar-refractivity contribution in [2.24, 2.45) is 0 Å². The van der Waals surface area contributed by atoms with Gasteiger partial charge in [0, 0.05) is 25.0 Å². The molecule has 2 aromatic rings. The van der Waals surface area contributed by atoms with E-state index >= 15 is 0 Å². The first kappa shape index (κ1) is 14.8. The molecule has 2 aromatic heterocycles. The highest BCUT2D eigenvalue weighted by molar-refractivity contribution is 5.94. The second kappa shape index (κ2) is 7.23. The minimum Gasteiger partial charge on any atom is -0.481 e. The number of rotatable bonds is 6. The summed E-state index contributed by atoms with van der Waals surface area (Å²) in [6.07, 6.45) is 3.29. The number of anilines is 1. The first-order valence-electron chi connectivity index (χ1n) is 6.59. The average Bonchev–Trinajstić information content (AvgIpc) is 2.53. The van der Waals surface area contributed by atoms with Gasteiger partial charge in [0.05, 0.1) is 13.7 Å². The Bertz CT molecular complexity index is 617. The zero-order chi connectivity index (χ0) is 15.1. The van der Waals surface area contributed by atoms with E-state index in [1.807, 2.05) is 12.1 Å². The molecule has 1 N–H and O–H groups in total. The molecule has 0 aliphatic heterocycles. The Kier molecular flexibility index (Phi) is 5.09. The molecule has 0 bridgehead atoms. The van der Waals surface area contributed by atoms with Crippen LogP contribution in [0.25, 0.3) is 0 Å². The molecule has 0 aromatic carbocycles. The first-order chi connectivity index (χ1) is 10.2. The van der Waals surface area contributed by atoms with Gasteiger partial charge in [0.2, 0.25) is 5.88 Å². The zero-order valence-electron chi connectivity index (χ0n) is 12.0. The van der Waals surface area contributed by atoms with E-state index in [-0.39, 0.29) is 5.97 Å². The summed E-state index contributed by atoms with van der Waals surface area (Å²) in [5, 5.41) is 3.12. The summed E-state index contributed by atoms with van der Waals surface area (Å²) in [5.41, 5.74) is 1.39. The minimum absolute atomic E-state index is 0.328. The quantitative estimate of drug-likeness (QED) is 0.822. The zero-order valence-corrected chi connectivity index (χ0v) is 12.0. The number of aromatic nitrogens is 2. The number of hydrogen-bond donors (Lipinski definition) is 1. The normalized spacial score (nSPS) is 10.0. The summed E-state index contributed by atoms with van der Waals surface area (Å²) in [4.78, 5) is 20.1. The smallest absolute Gasteiger partial charge is 0.341 e. The van der Waals surface area contributed by atoms with E-state index < -0.39 is 0 Å². The lowest BCUT2D eigenvalue weighted by atomic mass is 10.2. The molecule has 2 heterocycles. The standard InChI is InChI=1S/C15H17N3O3/c1-3-21-15(19)12-5-4-7-17-14(12)18-10-11-6-8-16-13(9-11)20-2/h4-9H,3,10H2,1-2H3,(H,17,18). The number of carbonyl (C=O) groups excluding carboxylic acids is 1. The minimum atomic E-state index is -0.389. The van der Waals surface area contributed by atoms with Crippen molar-refractivity contribution in [3.8, 4) is 5.88 Å². The maximum atomic E-state index is 11.8. The molecule has 0 amide bonds. The molecule has 0 spiro atoms. The predicted octanol–water partition coefficient (Wildman–Crippen LogP) is 2.27. The van der Waals surface area contributed by atoms with Crippen molar-refractivity contribution in [1.82, 2.24) is 9.97 Å². The fourth-order valence-corrected chi connectivity index (χ4v) is 1.78. The van der Waals surface area contributed by atoms with Gasteiger partial charge in [-0.15, -0.1) is 0 Å². The topological polar surface area (TPSA) is 73.3 Å². The molecular formula is C15H17N3O3. The van der Waals surface area contributed by atoms with Crippen LogP contribution in [-0.4, -0.2) is 29.7 Å². The molecular weight excluding hydrogens is 270 g/mol. The molecule has 2 rings (SSSR count). The van der Waals surface area contributed by atoms with Crippen molar-refractivity contribution in [1.29, 1.82) is 0 Å². The van der Waals surface area contributed by atoms with Crippen molar-refractivity contribution in [3.05, 3.63) is 47.8 Å². The SMILES string of the molecule is CCOC(=O)c1cccnc1NCc1ccnc(OC)c1. The summed E-state index contributed by atoms with van der Waals surface area (Å²) in [6, 6.07) is 7.07. The summed E-state index contributed by atoms with van der Waals surface area (Å²) in [6.45, 7) is 2.60. The summed E-state index contributed by atoms with van der Waals surface area (Å²) >= 11 is 0. The van der Waals surface area contributed by atoms with Crippen molar-refractivity contribution < 1.29 is 14.3 Å². The van der Waals surface area contributed by atoms with Crippen LogP contribution in [0, 0.1) is 0 Å². The molecule has 6 heteroatoms. The Morgan fingerprint density at radius 3 is 2.90 bits per heavy atom. The highest BCUT2D eigenvalue weighted by Crippen LogP contribution is 2.15. The van der Waals surface area contributed by atoms with Gasteiger partial charge >= 0.3 is 5.97 Å². The highest BCUT2D eigenvalue weighted by atomic mass is 16.5. The van der Waals surface area contributed by atoms with Crippen LogP contribution in [0.3, 0.4) is 0 Å². The monoisotopic (exact) mass is 287 g/mol.